The predicted octanol–water partition coefficient (Wildman–Crippen LogP) is 3.39. The fraction of sp³-hybridized carbons (Fsp3) is 0.381. The maximum Gasteiger partial charge on any atom is 0.251 e. The Morgan fingerprint density at radius 3 is 2.38 bits per heavy atom. The highest BCUT2D eigenvalue weighted by Gasteiger charge is 2.11. The van der Waals surface area contributed by atoms with E-state index >= 15 is 0 Å². The van der Waals surface area contributed by atoms with E-state index in [1.165, 1.54) is 25.9 Å². The summed E-state index contributed by atoms with van der Waals surface area (Å²) in [6, 6.07) is 13.3. The van der Waals surface area contributed by atoms with Crippen molar-refractivity contribution in [2.45, 2.75) is 25.7 Å². The molecule has 134 valence electrons. The van der Waals surface area contributed by atoms with Crippen molar-refractivity contribution in [3.63, 3.8) is 0 Å². The Labute approximate surface area is 153 Å². The van der Waals surface area contributed by atoms with Gasteiger partial charge < -0.3 is 10.2 Å². The van der Waals surface area contributed by atoms with E-state index in [9.17, 15) is 4.79 Å². The van der Waals surface area contributed by atoms with Crippen LogP contribution in [0.3, 0.4) is 0 Å². The van der Waals surface area contributed by atoms with Crippen molar-refractivity contribution in [3.05, 3.63) is 48.0 Å². The van der Waals surface area contributed by atoms with E-state index in [1.54, 1.807) is 0 Å². The van der Waals surface area contributed by atoms with Crippen LogP contribution in [0.25, 0.3) is 22.1 Å². The van der Waals surface area contributed by atoms with Crippen LogP contribution < -0.4 is 5.32 Å². The summed E-state index contributed by atoms with van der Waals surface area (Å²) < 4.78 is 0. The molecule has 2 aromatic carbocycles. The Balaban J connectivity index is 1.36. The third kappa shape index (κ3) is 3.83. The van der Waals surface area contributed by atoms with Crippen LogP contribution in [0.2, 0.25) is 0 Å². The molecule has 1 fully saturated rings. The van der Waals surface area contributed by atoms with E-state index in [0.717, 1.165) is 41.5 Å². The fourth-order valence-corrected chi connectivity index (χ4v) is 3.53. The SMILES string of the molecule is O=C(NCCCCN1CCCC1)c1ccc2nc3ccccc3nc2c1. The molecule has 0 aliphatic carbocycles. The highest BCUT2D eigenvalue weighted by atomic mass is 16.1. The van der Waals surface area contributed by atoms with Crippen molar-refractivity contribution >= 4 is 28.0 Å². The molecule has 1 aromatic heterocycles. The van der Waals surface area contributed by atoms with Crippen LogP contribution in [0.4, 0.5) is 0 Å². The average molecular weight is 348 g/mol. The number of likely N-dealkylation sites (tertiary alicyclic amines) is 1. The van der Waals surface area contributed by atoms with Gasteiger partial charge in [0, 0.05) is 12.1 Å². The van der Waals surface area contributed by atoms with Crippen molar-refractivity contribution in [1.82, 2.24) is 20.2 Å². The van der Waals surface area contributed by atoms with Gasteiger partial charge in [-0.2, -0.15) is 0 Å². The Hall–Kier alpha value is -2.53. The molecule has 0 atom stereocenters. The van der Waals surface area contributed by atoms with Gasteiger partial charge in [0.25, 0.3) is 5.91 Å². The van der Waals surface area contributed by atoms with Crippen LogP contribution >= 0.6 is 0 Å². The molecule has 1 N–H and O–H groups in total. The van der Waals surface area contributed by atoms with E-state index in [2.05, 4.69) is 20.2 Å². The van der Waals surface area contributed by atoms with Gasteiger partial charge in [-0.25, -0.2) is 9.97 Å². The number of fused-ring (bicyclic) bond motifs is 2. The van der Waals surface area contributed by atoms with Crippen LogP contribution in [-0.4, -0.2) is 47.0 Å². The van der Waals surface area contributed by atoms with E-state index in [-0.39, 0.29) is 5.91 Å². The average Bonchev–Trinajstić information content (AvgIpc) is 3.19. The number of hydrogen-bond acceptors (Lipinski definition) is 4. The smallest absolute Gasteiger partial charge is 0.251 e. The predicted molar refractivity (Wildman–Crippen MR) is 104 cm³/mol. The summed E-state index contributed by atoms with van der Waals surface area (Å²) in [6.45, 7) is 4.33. The topological polar surface area (TPSA) is 58.1 Å². The number of para-hydroxylation sites is 2. The quantitative estimate of drug-likeness (QED) is 0.548. The molecule has 0 unspecified atom stereocenters. The monoisotopic (exact) mass is 348 g/mol. The third-order valence-corrected chi connectivity index (χ3v) is 4.99. The van der Waals surface area contributed by atoms with E-state index < -0.39 is 0 Å². The number of benzene rings is 2. The summed E-state index contributed by atoms with van der Waals surface area (Å²) in [6.07, 6.45) is 4.81. The number of rotatable bonds is 6. The molecule has 3 aromatic rings. The van der Waals surface area contributed by atoms with Crippen molar-refractivity contribution in [3.8, 4) is 0 Å². The molecule has 0 radical (unpaired) electrons. The first kappa shape index (κ1) is 16.9. The van der Waals surface area contributed by atoms with Crippen LogP contribution in [0.5, 0.6) is 0 Å². The van der Waals surface area contributed by atoms with Gasteiger partial charge in [-0.3, -0.25) is 4.79 Å². The number of carbonyl (C=O) groups excluding carboxylic acids is 1. The number of hydrogen-bond donors (Lipinski definition) is 1. The zero-order chi connectivity index (χ0) is 17.8. The zero-order valence-corrected chi connectivity index (χ0v) is 14.9. The first-order valence-electron chi connectivity index (χ1n) is 9.47. The lowest BCUT2D eigenvalue weighted by Crippen LogP contribution is -2.26. The van der Waals surface area contributed by atoms with Gasteiger partial charge in [-0.1, -0.05) is 12.1 Å². The second kappa shape index (κ2) is 7.79. The Morgan fingerprint density at radius 1 is 0.923 bits per heavy atom. The first-order valence-corrected chi connectivity index (χ1v) is 9.47. The van der Waals surface area contributed by atoms with E-state index in [1.807, 2.05) is 42.5 Å². The molecule has 1 aliphatic heterocycles. The van der Waals surface area contributed by atoms with Crippen molar-refractivity contribution in [2.75, 3.05) is 26.2 Å². The minimum atomic E-state index is -0.0389. The van der Waals surface area contributed by atoms with Crippen LogP contribution in [-0.2, 0) is 0 Å². The number of unbranched alkanes of at least 4 members (excludes halogenated alkanes) is 1. The van der Waals surface area contributed by atoms with Crippen LogP contribution in [0, 0.1) is 0 Å². The lowest BCUT2D eigenvalue weighted by atomic mass is 10.1. The Kier molecular flexibility index (Phi) is 5.07. The zero-order valence-electron chi connectivity index (χ0n) is 14.9. The maximum atomic E-state index is 12.4. The van der Waals surface area contributed by atoms with Crippen LogP contribution in [0.1, 0.15) is 36.0 Å². The summed E-state index contributed by atoms with van der Waals surface area (Å²) in [4.78, 5) is 24.1. The standard InChI is InChI=1S/C21H24N4O/c26-21(22-11-3-4-12-25-13-5-6-14-25)16-9-10-19-20(15-16)24-18-8-2-1-7-17(18)23-19/h1-2,7-10,15H,3-6,11-14H2,(H,22,26). The van der Waals surface area contributed by atoms with Gasteiger partial charge in [-0.05, 0) is 75.6 Å². The third-order valence-electron chi connectivity index (χ3n) is 4.99. The normalized spacial score (nSPS) is 14.9. The molecule has 0 spiro atoms. The van der Waals surface area contributed by atoms with E-state index in [4.69, 9.17) is 0 Å². The summed E-state index contributed by atoms with van der Waals surface area (Å²) in [5.74, 6) is -0.0389. The van der Waals surface area contributed by atoms with Gasteiger partial charge in [-0.15, -0.1) is 0 Å². The lowest BCUT2D eigenvalue weighted by molar-refractivity contribution is 0.0953. The van der Waals surface area contributed by atoms with Crippen molar-refractivity contribution in [1.29, 1.82) is 0 Å². The number of nitrogens with one attached hydrogen (secondary N) is 1. The fourth-order valence-electron chi connectivity index (χ4n) is 3.53. The number of amides is 1. The Morgan fingerprint density at radius 2 is 1.62 bits per heavy atom. The summed E-state index contributed by atoms with van der Waals surface area (Å²) in [5, 5.41) is 3.02. The highest BCUT2D eigenvalue weighted by Crippen LogP contribution is 2.17. The Bertz CT molecular complexity index is 918. The molecule has 5 heteroatoms. The molecule has 0 bridgehead atoms. The van der Waals surface area contributed by atoms with Gasteiger partial charge in [0.05, 0.1) is 22.1 Å². The maximum absolute atomic E-state index is 12.4. The molecule has 1 amide bonds. The molecule has 5 nitrogen and oxygen atoms in total. The number of aromatic nitrogens is 2. The molecular weight excluding hydrogens is 324 g/mol. The second-order valence-corrected chi connectivity index (χ2v) is 6.93. The summed E-state index contributed by atoms with van der Waals surface area (Å²) >= 11 is 0. The molecule has 26 heavy (non-hydrogen) atoms. The largest absolute Gasteiger partial charge is 0.352 e. The minimum absolute atomic E-state index is 0.0389. The van der Waals surface area contributed by atoms with Gasteiger partial charge in [0.2, 0.25) is 0 Å². The summed E-state index contributed by atoms with van der Waals surface area (Å²) in [5.41, 5.74) is 3.92. The molecule has 1 aliphatic rings. The van der Waals surface area contributed by atoms with Crippen molar-refractivity contribution in [2.24, 2.45) is 0 Å². The first-order chi connectivity index (χ1) is 12.8. The van der Waals surface area contributed by atoms with Crippen LogP contribution in [0.15, 0.2) is 42.5 Å². The number of carbonyl (C=O) groups is 1. The summed E-state index contributed by atoms with van der Waals surface area (Å²) in [7, 11) is 0. The van der Waals surface area contributed by atoms with E-state index in [0.29, 0.717) is 12.1 Å². The minimum Gasteiger partial charge on any atom is -0.352 e. The molecule has 0 saturated carbocycles. The van der Waals surface area contributed by atoms with Crippen molar-refractivity contribution < 1.29 is 4.79 Å². The second-order valence-electron chi connectivity index (χ2n) is 6.93. The molecule has 4 rings (SSSR count). The highest BCUT2D eigenvalue weighted by molar-refractivity contribution is 5.98. The molecule has 1 saturated heterocycles. The molecular formula is C21H24N4O. The van der Waals surface area contributed by atoms with Gasteiger partial charge in [0.1, 0.15) is 0 Å². The number of nitrogens with zero attached hydrogens (tertiary/aromatic N) is 3. The molecule has 2 heterocycles. The van der Waals surface area contributed by atoms with Gasteiger partial charge in [0.15, 0.2) is 0 Å². The van der Waals surface area contributed by atoms with Gasteiger partial charge >= 0.3 is 0 Å². The lowest BCUT2D eigenvalue weighted by Gasteiger charge is -2.14.